The summed E-state index contributed by atoms with van der Waals surface area (Å²) in [4.78, 5) is 12.3. The van der Waals surface area contributed by atoms with E-state index in [9.17, 15) is 13.2 Å². The Morgan fingerprint density at radius 2 is 1.96 bits per heavy atom. The van der Waals surface area contributed by atoms with Gasteiger partial charge in [-0.15, -0.1) is 0 Å². The third-order valence-electron chi connectivity index (χ3n) is 4.67. The summed E-state index contributed by atoms with van der Waals surface area (Å²) in [6.07, 6.45) is 4.08. The van der Waals surface area contributed by atoms with Gasteiger partial charge < -0.3 is 5.32 Å². The fourth-order valence-electron chi connectivity index (χ4n) is 2.86. The minimum Gasteiger partial charge on any atom is -0.349 e. The number of benzene rings is 1. The van der Waals surface area contributed by atoms with Crippen LogP contribution in [0.1, 0.15) is 36.0 Å². The maximum atomic E-state index is 12.6. The van der Waals surface area contributed by atoms with Crippen LogP contribution in [0.2, 0.25) is 0 Å². The van der Waals surface area contributed by atoms with Crippen molar-refractivity contribution < 1.29 is 13.2 Å². The van der Waals surface area contributed by atoms with E-state index in [1.165, 1.54) is 16.4 Å². The Morgan fingerprint density at radius 3 is 2.50 bits per heavy atom. The van der Waals surface area contributed by atoms with Crippen LogP contribution < -0.4 is 16.2 Å². The van der Waals surface area contributed by atoms with E-state index in [2.05, 4.69) is 16.2 Å². The summed E-state index contributed by atoms with van der Waals surface area (Å²) >= 11 is 0. The molecule has 24 heavy (non-hydrogen) atoms. The van der Waals surface area contributed by atoms with E-state index >= 15 is 0 Å². The molecule has 1 atom stereocenters. The molecule has 0 bridgehead atoms. The summed E-state index contributed by atoms with van der Waals surface area (Å²) in [7, 11) is -1.98. The predicted octanol–water partition coefficient (Wildman–Crippen LogP) is 0.456. The van der Waals surface area contributed by atoms with Crippen LogP contribution in [0.5, 0.6) is 0 Å². The zero-order valence-corrected chi connectivity index (χ0v) is 14.6. The van der Waals surface area contributed by atoms with Crippen molar-refractivity contribution in [1.82, 2.24) is 20.5 Å². The smallest absolute Gasteiger partial charge is 0.251 e. The quantitative estimate of drug-likeness (QED) is 0.692. The highest BCUT2D eigenvalue weighted by Crippen LogP contribution is 2.20. The van der Waals surface area contributed by atoms with E-state index in [4.69, 9.17) is 0 Å². The number of likely N-dealkylation sites (N-methyl/N-ethyl adjacent to an activating group) is 1. The number of sulfonamides is 1. The molecule has 3 rings (SSSR count). The molecular formula is C16H24N4O3S. The van der Waals surface area contributed by atoms with Crippen LogP contribution in [-0.2, 0) is 10.0 Å². The Labute approximate surface area is 142 Å². The Balaban J connectivity index is 1.65. The Hall–Kier alpha value is -1.48. The van der Waals surface area contributed by atoms with Gasteiger partial charge in [0.15, 0.2) is 0 Å². The Morgan fingerprint density at radius 1 is 1.25 bits per heavy atom. The number of nitrogens with one attached hydrogen (secondary N) is 3. The van der Waals surface area contributed by atoms with E-state index < -0.39 is 10.0 Å². The normalized spacial score (nSPS) is 21.7. The van der Waals surface area contributed by atoms with E-state index in [-0.39, 0.29) is 22.9 Å². The molecule has 1 saturated heterocycles. The van der Waals surface area contributed by atoms with Crippen LogP contribution in [0, 0.1) is 0 Å². The summed E-state index contributed by atoms with van der Waals surface area (Å²) in [5.41, 5.74) is 6.54. The molecule has 0 radical (unpaired) electrons. The van der Waals surface area contributed by atoms with E-state index in [0.717, 1.165) is 32.2 Å². The van der Waals surface area contributed by atoms with E-state index in [1.807, 2.05) is 0 Å². The second kappa shape index (κ2) is 7.18. The fourth-order valence-corrected chi connectivity index (χ4v) is 4.08. The third kappa shape index (κ3) is 3.77. The topological polar surface area (TPSA) is 90.5 Å². The van der Waals surface area contributed by atoms with Crippen molar-refractivity contribution in [3.8, 4) is 0 Å². The molecule has 7 nitrogen and oxygen atoms in total. The van der Waals surface area contributed by atoms with Gasteiger partial charge in [-0.2, -0.15) is 4.31 Å². The zero-order valence-electron chi connectivity index (χ0n) is 13.8. The maximum Gasteiger partial charge on any atom is 0.251 e. The molecule has 1 aliphatic carbocycles. The zero-order chi connectivity index (χ0) is 17.2. The SMILES string of the molecule is CN(CC1CCNN1)S(=O)(=O)c1ccc(C(=O)NC2CCC2)cc1. The molecule has 1 heterocycles. The van der Waals surface area contributed by atoms with Gasteiger partial charge in [-0.3, -0.25) is 15.6 Å². The molecule has 1 saturated carbocycles. The molecular weight excluding hydrogens is 328 g/mol. The lowest BCUT2D eigenvalue weighted by atomic mass is 9.93. The average molecular weight is 352 g/mol. The molecule has 2 aliphatic rings. The lowest BCUT2D eigenvalue weighted by Crippen LogP contribution is -2.41. The van der Waals surface area contributed by atoms with Gasteiger partial charge in [0.1, 0.15) is 0 Å². The highest BCUT2D eigenvalue weighted by Gasteiger charge is 2.26. The summed E-state index contributed by atoms with van der Waals surface area (Å²) in [6.45, 7) is 1.24. The van der Waals surface area contributed by atoms with Crippen molar-refractivity contribution >= 4 is 15.9 Å². The molecule has 0 aromatic heterocycles. The first kappa shape index (κ1) is 17.3. The lowest BCUT2D eigenvalue weighted by Gasteiger charge is -2.26. The molecule has 3 N–H and O–H groups in total. The maximum absolute atomic E-state index is 12.6. The van der Waals surface area contributed by atoms with Gasteiger partial charge in [-0.1, -0.05) is 0 Å². The van der Waals surface area contributed by atoms with Crippen molar-refractivity contribution in [2.45, 2.75) is 42.7 Å². The van der Waals surface area contributed by atoms with Crippen molar-refractivity contribution in [3.63, 3.8) is 0 Å². The minimum atomic E-state index is -3.55. The van der Waals surface area contributed by atoms with Crippen molar-refractivity contribution in [2.75, 3.05) is 20.1 Å². The molecule has 1 aromatic rings. The number of hydrogen-bond donors (Lipinski definition) is 3. The Bertz CT molecular complexity index is 680. The number of amides is 1. The van der Waals surface area contributed by atoms with Crippen LogP contribution in [0.3, 0.4) is 0 Å². The summed E-state index contributed by atoms with van der Waals surface area (Å²) < 4.78 is 26.6. The first-order valence-electron chi connectivity index (χ1n) is 8.32. The van der Waals surface area contributed by atoms with Crippen molar-refractivity contribution in [3.05, 3.63) is 29.8 Å². The fraction of sp³-hybridized carbons (Fsp3) is 0.562. The molecule has 8 heteroatoms. The molecule has 1 amide bonds. The minimum absolute atomic E-state index is 0.109. The molecule has 1 aromatic carbocycles. The van der Waals surface area contributed by atoms with Crippen LogP contribution in [0.25, 0.3) is 0 Å². The summed E-state index contributed by atoms with van der Waals surface area (Å²) in [5, 5.41) is 2.95. The standard InChI is InChI=1S/C16H24N4O3S/c1-20(11-14-9-10-17-19-14)24(22,23)15-7-5-12(6-8-15)16(21)18-13-3-2-4-13/h5-8,13-14,17,19H,2-4,9-11H2,1H3,(H,18,21). The molecule has 2 fully saturated rings. The number of hydrogen-bond acceptors (Lipinski definition) is 5. The van der Waals surface area contributed by atoms with Gasteiger partial charge in [0.05, 0.1) is 4.90 Å². The van der Waals surface area contributed by atoms with Gasteiger partial charge in [0.25, 0.3) is 5.91 Å². The number of rotatable bonds is 6. The second-order valence-electron chi connectivity index (χ2n) is 6.47. The van der Waals surface area contributed by atoms with Crippen LogP contribution in [-0.4, -0.2) is 50.9 Å². The number of hydrazine groups is 1. The van der Waals surface area contributed by atoms with Crippen molar-refractivity contribution in [2.24, 2.45) is 0 Å². The summed E-state index contributed by atoms with van der Waals surface area (Å²) in [6, 6.07) is 6.52. The Kier molecular flexibility index (Phi) is 5.19. The monoisotopic (exact) mass is 352 g/mol. The summed E-state index contributed by atoms with van der Waals surface area (Å²) in [5.74, 6) is -0.141. The van der Waals surface area contributed by atoms with Crippen LogP contribution in [0.4, 0.5) is 0 Å². The molecule has 1 aliphatic heterocycles. The molecule has 0 spiro atoms. The van der Waals surface area contributed by atoms with Gasteiger partial charge in [0.2, 0.25) is 10.0 Å². The third-order valence-corrected chi connectivity index (χ3v) is 6.50. The van der Waals surface area contributed by atoms with Crippen LogP contribution in [0.15, 0.2) is 29.2 Å². The van der Waals surface area contributed by atoms with Crippen molar-refractivity contribution in [1.29, 1.82) is 0 Å². The van der Waals surface area contributed by atoms with Gasteiger partial charge in [-0.25, -0.2) is 8.42 Å². The average Bonchev–Trinajstić information content (AvgIpc) is 3.03. The van der Waals surface area contributed by atoms with Gasteiger partial charge >= 0.3 is 0 Å². The highest BCUT2D eigenvalue weighted by atomic mass is 32.2. The highest BCUT2D eigenvalue weighted by molar-refractivity contribution is 7.89. The molecule has 132 valence electrons. The number of nitrogens with zero attached hydrogens (tertiary/aromatic N) is 1. The lowest BCUT2D eigenvalue weighted by molar-refractivity contribution is 0.0917. The first-order chi connectivity index (χ1) is 11.5. The number of carbonyl (C=O) groups is 1. The number of carbonyl (C=O) groups excluding carboxylic acids is 1. The second-order valence-corrected chi connectivity index (χ2v) is 8.51. The first-order valence-corrected chi connectivity index (χ1v) is 9.76. The van der Waals surface area contributed by atoms with E-state index in [1.54, 1.807) is 19.2 Å². The van der Waals surface area contributed by atoms with E-state index in [0.29, 0.717) is 12.1 Å². The van der Waals surface area contributed by atoms with Crippen LogP contribution >= 0.6 is 0 Å². The van der Waals surface area contributed by atoms with Gasteiger partial charge in [-0.05, 0) is 49.9 Å². The van der Waals surface area contributed by atoms with Gasteiger partial charge in [0, 0.05) is 37.8 Å². The predicted molar refractivity (Wildman–Crippen MR) is 90.9 cm³/mol. The molecule has 1 unspecified atom stereocenters. The largest absolute Gasteiger partial charge is 0.349 e.